The lowest BCUT2D eigenvalue weighted by Gasteiger charge is -2.27. The molecule has 1 aliphatic rings. The first-order valence-electron chi connectivity index (χ1n) is 10.1. The average molecular weight is 403 g/mol. The van der Waals surface area contributed by atoms with Crippen LogP contribution in [0.3, 0.4) is 0 Å². The van der Waals surface area contributed by atoms with Gasteiger partial charge in [0.25, 0.3) is 0 Å². The molecule has 30 heavy (non-hydrogen) atoms. The highest BCUT2D eigenvalue weighted by Gasteiger charge is 2.22. The van der Waals surface area contributed by atoms with E-state index in [9.17, 15) is 9.90 Å². The molecule has 154 valence electrons. The summed E-state index contributed by atoms with van der Waals surface area (Å²) in [5, 5.41) is 9.19. The van der Waals surface area contributed by atoms with Crippen molar-refractivity contribution in [2.24, 2.45) is 0 Å². The molecule has 0 amide bonds. The number of hydrogen-bond donors (Lipinski definition) is 1. The molecule has 0 saturated heterocycles. The fourth-order valence-electron chi connectivity index (χ4n) is 3.62. The molecule has 0 spiro atoms. The first-order chi connectivity index (χ1) is 14.6. The van der Waals surface area contributed by atoms with Crippen LogP contribution >= 0.6 is 0 Å². The van der Waals surface area contributed by atoms with Crippen LogP contribution < -0.4 is 9.47 Å². The van der Waals surface area contributed by atoms with E-state index in [0.29, 0.717) is 18.7 Å². The van der Waals surface area contributed by atoms with Crippen molar-refractivity contribution >= 4 is 5.97 Å². The number of benzene rings is 3. The number of aromatic carboxylic acids is 1. The normalized spacial score (nSPS) is 15.2. The predicted molar refractivity (Wildman–Crippen MR) is 115 cm³/mol. The molecule has 0 bridgehead atoms. The molecular formula is C25H25NO4. The summed E-state index contributed by atoms with van der Waals surface area (Å²) in [6.07, 6.45) is -0.116. The number of ether oxygens (including phenoxy) is 2. The lowest BCUT2D eigenvalue weighted by Crippen LogP contribution is -2.23. The molecule has 5 heteroatoms. The molecule has 1 atom stereocenters. The second kappa shape index (κ2) is 9.01. The first kappa shape index (κ1) is 20.0. The zero-order valence-electron chi connectivity index (χ0n) is 17.0. The number of para-hydroxylation sites is 2. The van der Waals surface area contributed by atoms with Gasteiger partial charge in [0, 0.05) is 13.1 Å². The molecule has 0 radical (unpaired) electrons. The van der Waals surface area contributed by atoms with Gasteiger partial charge in [-0.1, -0.05) is 55.5 Å². The molecule has 0 aliphatic carbocycles. The van der Waals surface area contributed by atoms with E-state index in [1.807, 2.05) is 30.3 Å². The summed E-state index contributed by atoms with van der Waals surface area (Å²) in [5.41, 5.74) is 3.61. The van der Waals surface area contributed by atoms with Crippen LogP contribution in [0.1, 0.15) is 40.1 Å². The third-order valence-electron chi connectivity index (χ3n) is 5.29. The maximum atomic E-state index is 11.2. The zero-order valence-corrected chi connectivity index (χ0v) is 17.0. The highest BCUT2D eigenvalue weighted by molar-refractivity contribution is 5.87. The number of carboxylic acids is 1. The van der Waals surface area contributed by atoms with Crippen molar-refractivity contribution in [3.63, 3.8) is 0 Å². The Morgan fingerprint density at radius 3 is 2.43 bits per heavy atom. The third-order valence-corrected chi connectivity index (χ3v) is 5.29. The third kappa shape index (κ3) is 4.63. The average Bonchev–Trinajstić information content (AvgIpc) is 2.79. The number of carboxylic acid groups (broad SMARTS) is 1. The van der Waals surface area contributed by atoms with E-state index in [1.165, 1.54) is 5.56 Å². The van der Waals surface area contributed by atoms with E-state index in [-0.39, 0.29) is 6.10 Å². The lowest BCUT2D eigenvalue weighted by atomic mass is 10.1. The number of carbonyl (C=O) groups is 1. The van der Waals surface area contributed by atoms with Crippen LogP contribution in [0, 0.1) is 0 Å². The van der Waals surface area contributed by atoms with Gasteiger partial charge in [0.15, 0.2) is 17.6 Å². The molecule has 1 unspecified atom stereocenters. The van der Waals surface area contributed by atoms with E-state index < -0.39 is 5.97 Å². The van der Waals surface area contributed by atoms with E-state index in [4.69, 9.17) is 9.47 Å². The fraction of sp³-hybridized carbons (Fsp3) is 0.240. The molecule has 0 saturated carbocycles. The van der Waals surface area contributed by atoms with Crippen molar-refractivity contribution in [2.75, 3.05) is 13.2 Å². The smallest absolute Gasteiger partial charge is 0.335 e. The number of nitrogens with zero attached hydrogens (tertiary/aromatic N) is 1. The standard InChI is InChI=1S/C25H25NO4/c1-2-26(16-19-6-5-7-21(14-19)25(27)28)15-18-10-12-20(13-11-18)24-17-29-22-8-3-4-9-23(22)30-24/h3-14,24H,2,15-17H2,1H3,(H,27,28). The molecular weight excluding hydrogens is 378 g/mol. The Kier molecular flexibility index (Phi) is 6.00. The van der Waals surface area contributed by atoms with Gasteiger partial charge in [0.05, 0.1) is 5.56 Å². The molecule has 0 aromatic heterocycles. The molecule has 1 N–H and O–H groups in total. The number of rotatable bonds is 7. The van der Waals surface area contributed by atoms with E-state index >= 15 is 0 Å². The van der Waals surface area contributed by atoms with Gasteiger partial charge in [0.2, 0.25) is 0 Å². The van der Waals surface area contributed by atoms with Crippen LogP contribution in [-0.4, -0.2) is 29.1 Å². The summed E-state index contributed by atoms with van der Waals surface area (Å²) in [4.78, 5) is 13.5. The van der Waals surface area contributed by atoms with Crippen LogP contribution in [0.5, 0.6) is 11.5 Å². The topological polar surface area (TPSA) is 59.0 Å². The summed E-state index contributed by atoms with van der Waals surface area (Å²) in [5.74, 6) is 0.668. The molecule has 1 heterocycles. The Morgan fingerprint density at radius 2 is 1.70 bits per heavy atom. The van der Waals surface area contributed by atoms with Gasteiger partial charge in [-0.15, -0.1) is 0 Å². The van der Waals surface area contributed by atoms with Crippen molar-refractivity contribution in [3.05, 3.63) is 95.1 Å². The number of hydrogen-bond acceptors (Lipinski definition) is 4. The summed E-state index contributed by atoms with van der Waals surface area (Å²) in [6.45, 7) is 4.97. The Balaban J connectivity index is 1.40. The van der Waals surface area contributed by atoms with E-state index in [2.05, 4.69) is 36.1 Å². The Hall–Kier alpha value is -3.31. The van der Waals surface area contributed by atoms with Gasteiger partial charge >= 0.3 is 5.97 Å². The summed E-state index contributed by atoms with van der Waals surface area (Å²) >= 11 is 0. The Morgan fingerprint density at radius 1 is 0.967 bits per heavy atom. The Labute approximate surface area is 176 Å². The Bertz CT molecular complexity index is 1020. The quantitative estimate of drug-likeness (QED) is 0.607. The minimum absolute atomic E-state index is 0.116. The zero-order chi connectivity index (χ0) is 20.9. The maximum absolute atomic E-state index is 11.2. The summed E-state index contributed by atoms with van der Waals surface area (Å²) < 4.78 is 11.9. The van der Waals surface area contributed by atoms with Gasteiger partial charge < -0.3 is 14.6 Å². The largest absolute Gasteiger partial charge is 0.485 e. The second-order valence-electron chi connectivity index (χ2n) is 7.41. The van der Waals surface area contributed by atoms with Crippen LogP contribution in [0.25, 0.3) is 0 Å². The van der Waals surface area contributed by atoms with Gasteiger partial charge in [-0.25, -0.2) is 4.79 Å². The van der Waals surface area contributed by atoms with Crippen LogP contribution in [0.4, 0.5) is 0 Å². The molecule has 0 fully saturated rings. The molecule has 5 nitrogen and oxygen atoms in total. The highest BCUT2D eigenvalue weighted by Crippen LogP contribution is 2.35. The maximum Gasteiger partial charge on any atom is 0.335 e. The van der Waals surface area contributed by atoms with E-state index in [1.54, 1.807) is 18.2 Å². The van der Waals surface area contributed by atoms with Gasteiger partial charge in [-0.05, 0) is 47.5 Å². The molecule has 3 aromatic rings. The van der Waals surface area contributed by atoms with Gasteiger partial charge in [-0.2, -0.15) is 0 Å². The minimum atomic E-state index is -0.896. The second-order valence-corrected chi connectivity index (χ2v) is 7.41. The van der Waals surface area contributed by atoms with Crippen molar-refractivity contribution in [2.45, 2.75) is 26.1 Å². The lowest BCUT2D eigenvalue weighted by molar-refractivity contribution is 0.0696. The molecule has 1 aliphatic heterocycles. The first-order valence-corrected chi connectivity index (χ1v) is 10.1. The van der Waals surface area contributed by atoms with Crippen molar-refractivity contribution in [1.82, 2.24) is 4.90 Å². The van der Waals surface area contributed by atoms with Crippen LogP contribution in [0.15, 0.2) is 72.8 Å². The van der Waals surface area contributed by atoms with Crippen molar-refractivity contribution in [3.8, 4) is 11.5 Å². The van der Waals surface area contributed by atoms with Crippen LogP contribution in [0.2, 0.25) is 0 Å². The summed E-state index contributed by atoms with van der Waals surface area (Å²) in [6, 6.07) is 23.3. The SMILES string of the molecule is CCN(Cc1ccc(C2COc3ccccc3O2)cc1)Cc1cccc(C(=O)O)c1. The minimum Gasteiger partial charge on any atom is -0.485 e. The monoisotopic (exact) mass is 403 g/mol. The van der Waals surface area contributed by atoms with Crippen molar-refractivity contribution in [1.29, 1.82) is 0 Å². The van der Waals surface area contributed by atoms with E-state index in [0.717, 1.165) is 35.7 Å². The molecule has 3 aromatic carbocycles. The number of fused-ring (bicyclic) bond motifs is 1. The molecule has 4 rings (SSSR count). The van der Waals surface area contributed by atoms with Gasteiger partial charge in [0.1, 0.15) is 6.61 Å². The fourth-order valence-corrected chi connectivity index (χ4v) is 3.62. The summed E-state index contributed by atoms with van der Waals surface area (Å²) in [7, 11) is 0. The van der Waals surface area contributed by atoms with Gasteiger partial charge in [-0.3, -0.25) is 4.90 Å². The van der Waals surface area contributed by atoms with Crippen molar-refractivity contribution < 1.29 is 19.4 Å². The van der Waals surface area contributed by atoms with Crippen LogP contribution in [-0.2, 0) is 13.1 Å². The predicted octanol–water partition coefficient (Wildman–Crippen LogP) is 4.92. The highest BCUT2D eigenvalue weighted by atomic mass is 16.6.